The van der Waals surface area contributed by atoms with Crippen LogP contribution < -0.4 is 0 Å². The van der Waals surface area contributed by atoms with E-state index in [4.69, 9.17) is 4.74 Å². The van der Waals surface area contributed by atoms with Crippen molar-refractivity contribution in [2.24, 2.45) is 0 Å². The summed E-state index contributed by atoms with van der Waals surface area (Å²) in [6.07, 6.45) is 2.96. The fourth-order valence-corrected chi connectivity index (χ4v) is 2.15. The van der Waals surface area contributed by atoms with E-state index in [1.54, 1.807) is 0 Å². The maximum absolute atomic E-state index is 5.67. The first-order valence-electron chi connectivity index (χ1n) is 6.45. The highest BCUT2D eigenvalue weighted by Crippen LogP contribution is 2.44. The topological polar surface area (TPSA) is 54.1 Å². The molecule has 3 aromatic rings. The Labute approximate surface area is 117 Å². The lowest BCUT2D eigenvalue weighted by Gasteiger charge is -2.12. The number of hydrogen-bond donors (Lipinski definition) is 1. The molecule has 0 amide bonds. The first-order valence-corrected chi connectivity index (χ1v) is 6.45. The molecular formula is C16H15N3O. The molecule has 0 saturated carbocycles. The Bertz CT molecular complexity index is 561. The number of aromatic nitrogens is 3. The zero-order chi connectivity index (χ0) is 13.7. The van der Waals surface area contributed by atoms with E-state index in [0.29, 0.717) is 0 Å². The van der Waals surface area contributed by atoms with Gasteiger partial charge in [0.2, 0.25) is 0 Å². The standard InChI is InChI=1S/C14H12O.C2H3N3/c1-3-7-12(8-4-1)14(11-15-14)13-9-5-2-6-10-13;1-3-2-5-4-1/h1-10H,11H2;1-2H,(H,3,4,5). The molecule has 1 fully saturated rings. The number of H-pyrrole nitrogens is 1. The summed E-state index contributed by atoms with van der Waals surface area (Å²) < 4.78 is 5.67. The predicted molar refractivity (Wildman–Crippen MR) is 76.0 cm³/mol. The number of hydrogen-bond acceptors (Lipinski definition) is 3. The summed E-state index contributed by atoms with van der Waals surface area (Å²) in [5, 5.41) is 5.99. The molecule has 100 valence electrons. The highest BCUT2D eigenvalue weighted by atomic mass is 16.6. The minimum Gasteiger partial charge on any atom is -0.359 e. The van der Waals surface area contributed by atoms with Gasteiger partial charge in [0.25, 0.3) is 0 Å². The van der Waals surface area contributed by atoms with Gasteiger partial charge in [-0.25, -0.2) is 4.98 Å². The third kappa shape index (κ3) is 2.60. The van der Waals surface area contributed by atoms with Crippen LogP contribution in [0.2, 0.25) is 0 Å². The van der Waals surface area contributed by atoms with Crippen molar-refractivity contribution in [3.63, 3.8) is 0 Å². The maximum Gasteiger partial charge on any atom is 0.142 e. The van der Waals surface area contributed by atoms with Crippen LogP contribution in [0, 0.1) is 0 Å². The second kappa shape index (κ2) is 5.67. The highest BCUT2D eigenvalue weighted by Gasteiger charge is 2.47. The SMILES string of the molecule is c1ccc(C2(c3ccccc3)CO2)cc1.c1nc[nH]n1. The van der Waals surface area contributed by atoms with Crippen molar-refractivity contribution in [1.29, 1.82) is 0 Å². The molecule has 1 N–H and O–H groups in total. The fourth-order valence-electron chi connectivity index (χ4n) is 2.15. The number of ether oxygens (including phenoxy) is 1. The van der Waals surface area contributed by atoms with Crippen LogP contribution in [-0.2, 0) is 10.3 Å². The first-order chi connectivity index (χ1) is 9.92. The van der Waals surface area contributed by atoms with Crippen molar-refractivity contribution in [2.45, 2.75) is 5.60 Å². The van der Waals surface area contributed by atoms with Gasteiger partial charge in [0, 0.05) is 0 Å². The monoisotopic (exact) mass is 265 g/mol. The summed E-state index contributed by atoms with van der Waals surface area (Å²) in [4.78, 5) is 3.56. The lowest BCUT2D eigenvalue weighted by molar-refractivity contribution is 0.349. The maximum atomic E-state index is 5.67. The van der Waals surface area contributed by atoms with Gasteiger partial charge in [0.15, 0.2) is 0 Å². The van der Waals surface area contributed by atoms with Crippen LogP contribution in [0.25, 0.3) is 0 Å². The summed E-state index contributed by atoms with van der Waals surface area (Å²) in [7, 11) is 0. The minimum absolute atomic E-state index is 0.164. The molecule has 2 aromatic carbocycles. The molecule has 1 aromatic heterocycles. The molecule has 1 aliphatic heterocycles. The molecule has 1 saturated heterocycles. The molecule has 0 unspecified atom stereocenters. The second-order valence-electron chi connectivity index (χ2n) is 4.50. The molecule has 0 atom stereocenters. The van der Waals surface area contributed by atoms with Crippen molar-refractivity contribution >= 4 is 0 Å². The summed E-state index contributed by atoms with van der Waals surface area (Å²) >= 11 is 0. The van der Waals surface area contributed by atoms with E-state index >= 15 is 0 Å². The smallest absolute Gasteiger partial charge is 0.142 e. The lowest BCUT2D eigenvalue weighted by Crippen LogP contribution is -2.09. The Kier molecular flexibility index (Phi) is 3.56. The highest BCUT2D eigenvalue weighted by molar-refractivity contribution is 5.40. The van der Waals surface area contributed by atoms with Crippen LogP contribution in [-0.4, -0.2) is 21.8 Å². The van der Waals surface area contributed by atoms with Gasteiger partial charge in [-0.15, -0.1) is 0 Å². The number of benzene rings is 2. The number of nitrogens with zero attached hydrogens (tertiary/aromatic N) is 2. The molecule has 4 heteroatoms. The van der Waals surface area contributed by atoms with Gasteiger partial charge in [-0.3, -0.25) is 5.10 Å². The average molecular weight is 265 g/mol. The van der Waals surface area contributed by atoms with E-state index in [-0.39, 0.29) is 5.60 Å². The molecule has 4 nitrogen and oxygen atoms in total. The van der Waals surface area contributed by atoms with Gasteiger partial charge in [0.1, 0.15) is 18.3 Å². The molecule has 0 bridgehead atoms. The van der Waals surface area contributed by atoms with Crippen LogP contribution in [0.5, 0.6) is 0 Å². The zero-order valence-corrected chi connectivity index (χ0v) is 10.9. The normalized spacial score (nSPS) is 15.0. The summed E-state index contributed by atoms with van der Waals surface area (Å²) in [6, 6.07) is 20.8. The second-order valence-corrected chi connectivity index (χ2v) is 4.50. The van der Waals surface area contributed by atoms with E-state index in [2.05, 4.69) is 63.7 Å². The lowest BCUT2D eigenvalue weighted by atomic mass is 9.92. The van der Waals surface area contributed by atoms with Crippen molar-refractivity contribution in [2.75, 3.05) is 6.61 Å². The van der Waals surface area contributed by atoms with Crippen molar-refractivity contribution < 1.29 is 4.74 Å². The quantitative estimate of drug-likeness (QED) is 0.725. The van der Waals surface area contributed by atoms with E-state index in [0.717, 1.165) is 6.61 Å². The fraction of sp³-hybridized carbons (Fsp3) is 0.125. The Hall–Kier alpha value is -2.46. The summed E-state index contributed by atoms with van der Waals surface area (Å²) in [6.45, 7) is 0.793. The van der Waals surface area contributed by atoms with Gasteiger partial charge in [0.05, 0.1) is 6.61 Å². The van der Waals surface area contributed by atoms with Crippen LogP contribution in [0.3, 0.4) is 0 Å². The molecule has 4 rings (SSSR count). The van der Waals surface area contributed by atoms with Crippen LogP contribution in [0.4, 0.5) is 0 Å². The largest absolute Gasteiger partial charge is 0.359 e. The summed E-state index contributed by atoms with van der Waals surface area (Å²) in [5.41, 5.74) is 2.33. The minimum atomic E-state index is -0.164. The van der Waals surface area contributed by atoms with Gasteiger partial charge in [-0.05, 0) is 11.1 Å². The van der Waals surface area contributed by atoms with E-state index in [9.17, 15) is 0 Å². The molecule has 0 aliphatic carbocycles. The van der Waals surface area contributed by atoms with Gasteiger partial charge in [-0.1, -0.05) is 60.7 Å². The van der Waals surface area contributed by atoms with Crippen molar-refractivity contribution in [1.82, 2.24) is 15.2 Å². The van der Waals surface area contributed by atoms with Gasteiger partial charge >= 0.3 is 0 Å². The number of rotatable bonds is 2. The molecule has 20 heavy (non-hydrogen) atoms. The van der Waals surface area contributed by atoms with E-state index in [1.165, 1.54) is 23.8 Å². The van der Waals surface area contributed by atoms with E-state index in [1.807, 2.05) is 12.1 Å². The Morgan fingerprint density at radius 3 is 1.75 bits per heavy atom. The average Bonchev–Trinajstić information content (AvgIpc) is 3.12. The van der Waals surface area contributed by atoms with Crippen LogP contribution >= 0.6 is 0 Å². The number of epoxide rings is 1. The van der Waals surface area contributed by atoms with Crippen LogP contribution in [0.1, 0.15) is 11.1 Å². The molecule has 1 aliphatic rings. The third-order valence-electron chi connectivity index (χ3n) is 3.24. The zero-order valence-electron chi connectivity index (χ0n) is 10.9. The number of nitrogens with one attached hydrogen (secondary N) is 1. The Balaban J connectivity index is 0.000000205. The van der Waals surface area contributed by atoms with Gasteiger partial charge in [-0.2, -0.15) is 5.10 Å². The number of aromatic amines is 1. The predicted octanol–water partition coefficient (Wildman–Crippen LogP) is 2.77. The molecule has 2 heterocycles. The van der Waals surface area contributed by atoms with Crippen molar-refractivity contribution in [3.05, 3.63) is 84.4 Å². The molecule has 0 radical (unpaired) electrons. The molecule has 0 spiro atoms. The first kappa shape index (κ1) is 12.6. The van der Waals surface area contributed by atoms with Crippen LogP contribution in [0.15, 0.2) is 73.3 Å². The molecular weight excluding hydrogens is 250 g/mol. The Morgan fingerprint density at radius 1 is 0.900 bits per heavy atom. The third-order valence-corrected chi connectivity index (χ3v) is 3.24. The van der Waals surface area contributed by atoms with Crippen molar-refractivity contribution in [3.8, 4) is 0 Å². The summed E-state index contributed by atoms with van der Waals surface area (Å²) in [5.74, 6) is 0. The van der Waals surface area contributed by atoms with E-state index < -0.39 is 0 Å². The Morgan fingerprint density at radius 2 is 1.45 bits per heavy atom. The van der Waals surface area contributed by atoms with Gasteiger partial charge < -0.3 is 4.74 Å².